The number of carbonyl (C=O) groups is 4. The van der Waals surface area contributed by atoms with Gasteiger partial charge >= 0.3 is 0 Å². The van der Waals surface area contributed by atoms with Crippen LogP contribution < -0.4 is 21.3 Å². The predicted octanol–water partition coefficient (Wildman–Crippen LogP) is 0.507. The van der Waals surface area contributed by atoms with Gasteiger partial charge in [0.1, 0.15) is 6.29 Å². The molecule has 0 aromatic heterocycles. The monoisotopic (exact) mass is 396 g/mol. The van der Waals surface area contributed by atoms with Crippen molar-refractivity contribution in [1.82, 2.24) is 21.3 Å². The lowest BCUT2D eigenvalue weighted by atomic mass is 9.84. The quantitative estimate of drug-likeness (QED) is 0.359. The van der Waals surface area contributed by atoms with Crippen LogP contribution in [0.1, 0.15) is 59.3 Å². The normalized spacial score (nSPS) is 20.3. The summed E-state index contributed by atoms with van der Waals surface area (Å²) in [5.41, 5.74) is 0. The van der Waals surface area contributed by atoms with Crippen LogP contribution in [0, 0.1) is 11.8 Å². The van der Waals surface area contributed by atoms with Gasteiger partial charge in [0.05, 0.1) is 19.1 Å². The minimum Gasteiger partial charge on any atom is -0.353 e. The fourth-order valence-corrected chi connectivity index (χ4v) is 3.48. The molecule has 0 bridgehead atoms. The Morgan fingerprint density at radius 1 is 1.04 bits per heavy atom. The molecule has 0 heterocycles. The Labute approximate surface area is 168 Å². The van der Waals surface area contributed by atoms with Crippen LogP contribution in [0.15, 0.2) is 0 Å². The number of carbonyl (C=O) groups excluding carboxylic acids is 4. The summed E-state index contributed by atoms with van der Waals surface area (Å²) in [6.07, 6.45) is 6.54. The number of hydrogen-bond acceptors (Lipinski definition) is 5. The third kappa shape index (κ3) is 9.30. The zero-order valence-electron chi connectivity index (χ0n) is 17.4. The van der Waals surface area contributed by atoms with E-state index < -0.39 is 11.9 Å². The van der Waals surface area contributed by atoms with E-state index in [4.69, 9.17) is 0 Å². The number of hydrogen-bond donors (Lipinski definition) is 4. The summed E-state index contributed by atoms with van der Waals surface area (Å²) in [5.74, 6) is 0.0874. The largest absolute Gasteiger partial charge is 0.353 e. The highest BCUT2D eigenvalue weighted by molar-refractivity contribution is 5.88. The predicted molar refractivity (Wildman–Crippen MR) is 108 cm³/mol. The van der Waals surface area contributed by atoms with E-state index in [0.29, 0.717) is 19.3 Å². The van der Waals surface area contributed by atoms with Crippen LogP contribution >= 0.6 is 0 Å². The Bertz CT molecular complexity index is 516. The van der Waals surface area contributed by atoms with Crippen molar-refractivity contribution >= 4 is 24.0 Å². The average Bonchev–Trinajstić information content (AvgIpc) is 2.68. The molecule has 28 heavy (non-hydrogen) atoms. The van der Waals surface area contributed by atoms with Crippen molar-refractivity contribution in [3.63, 3.8) is 0 Å². The van der Waals surface area contributed by atoms with Gasteiger partial charge in [-0.1, -0.05) is 27.2 Å². The maximum atomic E-state index is 12.3. The standard InChI is InChI=1S/C20H36N4O4/c1-4-15-5-7-16(8-6-15)24-17(26)9-10-22-19(14(2)3)20(28)23-13-18(27)21-11-12-25/h12,14-16,19,22H,4-11,13H2,1-3H3,(H,21,27)(H,23,28)(H,24,26)/t15?,16?,19-/m0/s1. The summed E-state index contributed by atoms with van der Waals surface area (Å²) in [6.45, 7) is 6.15. The van der Waals surface area contributed by atoms with Gasteiger partial charge < -0.3 is 26.1 Å². The molecule has 0 spiro atoms. The van der Waals surface area contributed by atoms with Crippen molar-refractivity contribution in [2.24, 2.45) is 11.8 Å². The minimum atomic E-state index is -0.494. The number of amides is 3. The molecule has 0 aromatic rings. The Kier molecular flexibility index (Phi) is 11.4. The molecule has 0 saturated heterocycles. The fraction of sp³-hybridized carbons (Fsp3) is 0.800. The molecule has 1 fully saturated rings. The van der Waals surface area contributed by atoms with Crippen LogP contribution in [-0.2, 0) is 19.2 Å². The van der Waals surface area contributed by atoms with E-state index in [-0.39, 0.29) is 36.9 Å². The van der Waals surface area contributed by atoms with E-state index in [2.05, 4.69) is 28.2 Å². The highest BCUT2D eigenvalue weighted by atomic mass is 16.2. The highest BCUT2D eigenvalue weighted by Crippen LogP contribution is 2.26. The third-order valence-electron chi connectivity index (χ3n) is 5.26. The Morgan fingerprint density at radius 2 is 1.71 bits per heavy atom. The number of aldehydes is 1. The summed E-state index contributed by atoms with van der Waals surface area (Å²) in [5, 5.41) is 11.1. The van der Waals surface area contributed by atoms with Gasteiger partial charge in [-0.3, -0.25) is 14.4 Å². The van der Waals surface area contributed by atoms with Crippen LogP contribution in [0.4, 0.5) is 0 Å². The van der Waals surface area contributed by atoms with Gasteiger partial charge in [0.2, 0.25) is 17.7 Å². The molecule has 8 nitrogen and oxygen atoms in total. The average molecular weight is 397 g/mol. The summed E-state index contributed by atoms with van der Waals surface area (Å²) in [7, 11) is 0. The van der Waals surface area contributed by atoms with E-state index in [1.807, 2.05) is 13.8 Å². The summed E-state index contributed by atoms with van der Waals surface area (Å²) >= 11 is 0. The SMILES string of the molecule is CCC1CCC(NC(=O)CCN[C@H](C(=O)NCC(=O)NCC=O)C(C)C)CC1. The van der Waals surface area contributed by atoms with Crippen LogP contribution in [0.2, 0.25) is 0 Å². The molecule has 0 aromatic carbocycles. The van der Waals surface area contributed by atoms with Crippen molar-refractivity contribution in [3.8, 4) is 0 Å². The Balaban J connectivity index is 2.30. The van der Waals surface area contributed by atoms with Gasteiger partial charge in [-0.05, 0) is 37.5 Å². The molecule has 1 aliphatic carbocycles. The van der Waals surface area contributed by atoms with E-state index in [1.165, 1.54) is 19.3 Å². The van der Waals surface area contributed by atoms with E-state index in [9.17, 15) is 19.2 Å². The Hall–Kier alpha value is -1.96. The van der Waals surface area contributed by atoms with Gasteiger partial charge in [0.25, 0.3) is 0 Å². The molecule has 0 unspecified atom stereocenters. The lowest BCUT2D eigenvalue weighted by molar-refractivity contribution is -0.128. The molecule has 1 aliphatic rings. The van der Waals surface area contributed by atoms with Gasteiger partial charge in [0.15, 0.2) is 0 Å². The summed E-state index contributed by atoms with van der Waals surface area (Å²) in [4.78, 5) is 46.2. The van der Waals surface area contributed by atoms with Crippen LogP contribution in [0.25, 0.3) is 0 Å². The van der Waals surface area contributed by atoms with E-state index >= 15 is 0 Å². The van der Waals surface area contributed by atoms with Gasteiger partial charge in [-0.15, -0.1) is 0 Å². The van der Waals surface area contributed by atoms with Crippen LogP contribution in [0.5, 0.6) is 0 Å². The van der Waals surface area contributed by atoms with Gasteiger partial charge in [0, 0.05) is 19.0 Å². The van der Waals surface area contributed by atoms with Crippen molar-refractivity contribution in [2.75, 3.05) is 19.6 Å². The molecule has 160 valence electrons. The van der Waals surface area contributed by atoms with Crippen molar-refractivity contribution in [1.29, 1.82) is 0 Å². The van der Waals surface area contributed by atoms with Gasteiger partial charge in [-0.25, -0.2) is 0 Å². The van der Waals surface area contributed by atoms with Crippen molar-refractivity contribution in [3.05, 3.63) is 0 Å². The first kappa shape index (κ1) is 24.1. The second-order valence-corrected chi connectivity index (χ2v) is 7.81. The van der Waals surface area contributed by atoms with Crippen molar-refractivity contribution < 1.29 is 19.2 Å². The number of rotatable bonds is 12. The molecule has 3 amide bonds. The van der Waals surface area contributed by atoms with E-state index in [1.54, 1.807) is 0 Å². The smallest absolute Gasteiger partial charge is 0.239 e. The lowest BCUT2D eigenvalue weighted by Gasteiger charge is -2.28. The van der Waals surface area contributed by atoms with Crippen molar-refractivity contribution in [2.45, 2.75) is 71.4 Å². The van der Waals surface area contributed by atoms with E-state index in [0.717, 1.165) is 18.8 Å². The van der Waals surface area contributed by atoms with Crippen LogP contribution in [-0.4, -0.2) is 55.7 Å². The minimum absolute atomic E-state index is 0.00334. The molecule has 1 saturated carbocycles. The first-order chi connectivity index (χ1) is 13.4. The molecule has 1 atom stereocenters. The van der Waals surface area contributed by atoms with Crippen LogP contribution in [0.3, 0.4) is 0 Å². The molecule has 0 aliphatic heterocycles. The topological polar surface area (TPSA) is 116 Å². The second-order valence-electron chi connectivity index (χ2n) is 7.81. The molecule has 1 rings (SSSR count). The molecule has 4 N–H and O–H groups in total. The summed E-state index contributed by atoms with van der Waals surface area (Å²) < 4.78 is 0. The maximum Gasteiger partial charge on any atom is 0.239 e. The van der Waals surface area contributed by atoms with Gasteiger partial charge in [-0.2, -0.15) is 0 Å². The Morgan fingerprint density at radius 3 is 2.29 bits per heavy atom. The molecular formula is C20H36N4O4. The lowest BCUT2D eigenvalue weighted by Crippen LogP contribution is -2.50. The molecular weight excluding hydrogens is 360 g/mol. The molecule has 0 radical (unpaired) electrons. The number of nitrogens with one attached hydrogen (secondary N) is 4. The fourth-order valence-electron chi connectivity index (χ4n) is 3.48. The molecule has 8 heteroatoms. The highest BCUT2D eigenvalue weighted by Gasteiger charge is 2.23. The maximum absolute atomic E-state index is 12.3. The third-order valence-corrected chi connectivity index (χ3v) is 5.26. The zero-order chi connectivity index (χ0) is 20.9. The summed E-state index contributed by atoms with van der Waals surface area (Å²) in [6, 6.07) is -0.226. The first-order valence-corrected chi connectivity index (χ1v) is 10.4. The zero-order valence-corrected chi connectivity index (χ0v) is 17.4. The first-order valence-electron chi connectivity index (χ1n) is 10.4. The second kappa shape index (κ2) is 13.3.